The average molecular weight is 286 g/mol. The Bertz CT molecular complexity index is 622. The molecule has 0 aliphatic heterocycles. The number of pyridine rings is 1. The number of para-hydroxylation sites is 1. The van der Waals surface area contributed by atoms with Crippen LogP contribution in [0.4, 0.5) is 0 Å². The summed E-state index contributed by atoms with van der Waals surface area (Å²) in [5.74, 6) is 0.573. The van der Waals surface area contributed by atoms with Gasteiger partial charge >= 0.3 is 0 Å². The Morgan fingerprint density at radius 3 is 2.81 bits per heavy atom. The van der Waals surface area contributed by atoms with Crippen LogP contribution in [0, 0.1) is 11.3 Å². The number of benzene rings is 1. The summed E-state index contributed by atoms with van der Waals surface area (Å²) in [6, 6.07) is 9.71. The summed E-state index contributed by atoms with van der Waals surface area (Å²) >= 11 is 0. The lowest BCUT2D eigenvalue weighted by Gasteiger charge is -2.11. The average Bonchev–Trinajstić information content (AvgIpc) is 2.54. The fourth-order valence-corrected chi connectivity index (χ4v) is 1.96. The molecule has 5 heteroatoms. The maximum Gasteiger partial charge on any atom is 0.148 e. The Kier molecular flexibility index (Phi) is 5.95. The molecule has 2 aromatic rings. The first kappa shape index (κ1) is 15.2. The molecule has 0 aliphatic carbocycles. The van der Waals surface area contributed by atoms with Crippen molar-refractivity contribution in [2.24, 2.45) is 0 Å². The van der Waals surface area contributed by atoms with Gasteiger partial charge in [0.1, 0.15) is 24.0 Å². The van der Waals surface area contributed by atoms with Crippen molar-refractivity contribution in [3.8, 4) is 11.8 Å². The Labute approximate surface area is 124 Å². The SMILES string of the molecule is COCCCOCCOc1c(C#N)cnc2ccccc12. The van der Waals surface area contributed by atoms with E-state index in [1.807, 2.05) is 24.3 Å². The molecule has 2 rings (SSSR count). The van der Waals surface area contributed by atoms with E-state index in [4.69, 9.17) is 19.5 Å². The van der Waals surface area contributed by atoms with Crippen molar-refractivity contribution in [2.45, 2.75) is 6.42 Å². The van der Waals surface area contributed by atoms with E-state index in [1.165, 1.54) is 6.20 Å². The van der Waals surface area contributed by atoms with Crippen LogP contribution < -0.4 is 4.74 Å². The van der Waals surface area contributed by atoms with Gasteiger partial charge in [-0.2, -0.15) is 5.26 Å². The molecule has 1 aromatic carbocycles. The molecule has 1 heterocycles. The summed E-state index contributed by atoms with van der Waals surface area (Å²) in [4.78, 5) is 4.24. The molecule has 0 aliphatic rings. The molecule has 0 saturated carbocycles. The van der Waals surface area contributed by atoms with E-state index in [0.29, 0.717) is 37.7 Å². The molecule has 0 saturated heterocycles. The van der Waals surface area contributed by atoms with Crippen LogP contribution in [-0.4, -0.2) is 38.5 Å². The largest absolute Gasteiger partial charge is 0.489 e. The second kappa shape index (κ2) is 8.20. The summed E-state index contributed by atoms with van der Waals surface area (Å²) in [5, 5.41) is 10.0. The van der Waals surface area contributed by atoms with Crippen molar-refractivity contribution in [3.63, 3.8) is 0 Å². The minimum Gasteiger partial charge on any atom is -0.489 e. The van der Waals surface area contributed by atoms with E-state index in [2.05, 4.69) is 11.1 Å². The van der Waals surface area contributed by atoms with Crippen molar-refractivity contribution in [1.29, 1.82) is 5.26 Å². The number of nitrogens with zero attached hydrogens (tertiary/aromatic N) is 2. The van der Waals surface area contributed by atoms with Gasteiger partial charge in [-0.25, -0.2) is 0 Å². The summed E-state index contributed by atoms with van der Waals surface area (Å²) in [5.41, 5.74) is 1.25. The van der Waals surface area contributed by atoms with Crippen molar-refractivity contribution in [3.05, 3.63) is 36.0 Å². The quantitative estimate of drug-likeness (QED) is 0.698. The number of aromatic nitrogens is 1. The number of methoxy groups -OCH3 is 1. The summed E-state index contributed by atoms with van der Waals surface area (Å²) < 4.78 is 16.1. The molecule has 110 valence electrons. The lowest BCUT2D eigenvalue weighted by molar-refractivity contribution is 0.0809. The lowest BCUT2D eigenvalue weighted by Crippen LogP contribution is -2.09. The lowest BCUT2D eigenvalue weighted by atomic mass is 10.1. The molecule has 21 heavy (non-hydrogen) atoms. The van der Waals surface area contributed by atoms with Gasteiger partial charge < -0.3 is 14.2 Å². The molecule has 0 spiro atoms. The Hall–Kier alpha value is -2.16. The third-order valence-electron chi connectivity index (χ3n) is 2.96. The van der Waals surface area contributed by atoms with Crippen LogP contribution in [0.2, 0.25) is 0 Å². The van der Waals surface area contributed by atoms with Gasteiger partial charge in [0.15, 0.2) is 0 Å². The minimum atomic E-state index is 0.398. The van der Waals surface area contributed by atoms with E-state index < -0.39 is 0 Å². The highest BCUT2D eigenvalue weighted by molar-refractivity contribution is 5.86. The van der Waals surface area contributed by atoms with E-state index in [0.717, 1.165) is 17.3 Å². The summed E-state index contributed by atoms with van der Waals surface area (Å²) in [6.45, 7) is 2.20. The van der Waals surface area contributed by atoms with Gasteiger partial charge in [0.2, 0.25) is 0 Å². The number of hydrogen-bond donors (Lipinski definition) is 0. The van der Waals surface area contributed by atoms with Gasteiger partial charge in [0.05, 0.1) is 12.1 Å². The van der Waals surface area contributed by atoms with E-state index >= 15 is 0 Å². The zero-order valence-electron chi connectivity index (χ0n) is 12.0. The predicted molar refractivity (Wildman–Crippen MR) is 79.3 cm³/mol. The van der Waals surface area contributed by atoms with Crippen LogP contribution in [0.15, 0.2) is 30.5 Å². The molecule has 0 bridgehead atoms. The normalized spacial score (nSPS) is 10.5. The monoisotopic (exact) mass is 286 g/mol. The smallest absolute Gasteiger partial charge is 0.148 e. The number of hydrogen-bond acceptors (Lipinski definition) is 5. The highest BCUT2D eigenvalue weighted by atomic mass is 16.5. The van der Waals surface area contributed by atoms with Gasteiger partial charge in [-0.15, -0.1) is 0 Å². The standard InChI is InChI=1S/C16H18N2O3/c1-19-7-4-8-20-9-10-21-16-13(11-17)12-18-15-6-3-2-5-14(15)16/h2-3,5-6,12H,4,7-10H2,1H3. The summed E-state index contributed by atoms with van der Waals surface area (Å²) in [6.07, 6.45) is 2.40. The second-order valence-corrected chi connectivity index (χ2v) is 4.44. The number of rotatable bonds is 8. The van der Waals surface area contributed by atoms with Crippen molar-refractivity contribution < 1.29 is 14.2 Å². The van der Waals surface area contributed by atoms with E-state index in [1.54, 1.807) is 7.11 Å². The molecule has 0 fully saturated rings. The second-order valence-electron chi connectivity index (χ2n) is 4.44. The molecular formula is C16H18N2O3. The van der Waals surface area contributed by atoms with Crippen LogP contribution in [0.1, 0.15) is 12.0 Å². The Morgan fingerprint density at radius 2 is 2.00 bits per heavy atom. The fourth-order valence-electron chi connectivity index (χ4n) is 1.96. The van der Waals surface area contributed by atoms with Crippen LogP contribution in [0.3, 0.4) is 0 Å². The Morgan fingerprint density at radius 1 is 1.14 bits per heavy atom. The van der Waals surface area contributed by atoms with Gasteiger partial charge in [-0.05, 0) is 18.6 Å². The molecule has 0 N–H and O–H groups in total. The first-order chi connectivity index (χ1) is 10.4. The van der Waals surface area contributed by atoms with Gasteiger partial charge in [0, 0.05) is 31.9 Å². The fraction of sp³-hybridized carbons (Fsp3) is 0.375. The first-order valence-corrected chi connectivity index (χ1v) is 6.84. The molecule has 5 nitrogen and oxygen atoms in total. The minimum absolute atomic E-state index is 0.398. The third kappa shape index (κ3) is 4.15. The molecule has 0 unspecified atom stereocenters. The van der Waals surface area contributed by atoms with Gasteiger partial charge in [-0.1, -0.05) is 12.1 Å². The molecule has 0 radical (unpaired) electrons. The predicted octanol–water partition coefficient (Wildman–Crippen LogP) is 2.54. The van der Waals surface area contributed by atoms with Gasteiger partial charge in [-0.3, -0.25) is 4.98 Å². The highest BCUT2D eigenvalue weighted by Gasteiger charge is 2.09. The highest BCUT2D eigenvalue weighted by Crippen LogP contribution is 2.27. The Balaban J connectivity index is 1.96. The number of nitriles is 1. The van der Waals surface area contributed by atoms with E-state index in [-0.39, 0.29) is 0 Å². The summed E-state index contributed by atoms with van der Waals surface area (Å²) in [7, 11) is 1.67. The zero-order chi connectivity index (χ0) is 14.9. The maximum absolute atomic E-state index is 9.16. The van der Waals surface area contributed by atoms with Crippen LogP contribution in [-0.2, 0) is 9.47 Å². The van der Waals surface area contributed by atoms with Crippen LogP contribution in [0.5, 0.6) is 5.75 Å². The first-order valence-electron chi connectivity index (χ1n) is 6.84. The third-order valence-corrected chi connectivity index (χ3v) is 2.96. The molecule has 0 atom stereocenters. The zero-order valence-corrected chi connectivity index (χ0v) is 12.0. The van der Waals surface area contributed by atoms with Crippen LogP contribution >= 0.6 is 0 Å². The molecule has 0 amide bonds. The molecular weight excluding hydrogens is 268 g/mol. The van der Waals surface area contributed by atoms with Crippen molar-refractivity contribution in [1.82, 2.24) is 4.98 Å². The maximum atomic E-state index is 9.16. The van der Waals surface area contributed by atoms with Crippen molar-refractivity contribution >= 4 is 10.9 Å². The van der Waals surface area contributed by atoms with Crippen molar-refractivity contribution in [2.75, 3.05) is 33.5 Å². The van der Waals surface area contributed by atoms with Gasteiger partial charge in [0.25, 0.3) is 0 Å². The van der Waals surface area contributed by atoms with Crippen LogP contribution in [0.25, 0.3) is 10.9 Å². The topological polar surface area (TPSA) is 64.4 Å². The van der Waals surface area contributed by atoms with E-state index in [9.17, 15) is 0 Å². The number of ether oxygens (including phenoxy) is 3. The molecule has 1 aromatic heterocycles. The number of fused-ring (bicyclic) bond motifs is 1.